The Morgan fingerprint density at radius 1 is 1.24 bits per heavy atom. The van der Waals surface area contributed by atoms with Crippen LogP contribution >= 0.6 is 11.6 Å². The van der Waals surface area contributed by atoms with Crippen LogP contribution < -0.4 is 4.74 Å². The van der Waals surface area contributed by atoms with E-state index in [0.29, 0.717) is 22.8 Å². The summed E-state index contributed by atoms with van der Waals surface area (Å²) in [7, 11) is 1.64. The Hall–Kier alpha value is -2.11. The van der Waals surface area contributed by atoms with E-state index in [-0.39, 0.29) is 6.61 Å². The summed E-state index contributed by atoms with van der Waals surface area (Å²) in [4.78, 5) is 4.33. The topological polar surface area (TPSA) is 60.2 Å². The zero-order valence-corrected chi connectivity index (χ0v) is 12.2. The molecule has 0 aliphatic rings. The third kappa shape index (κ3) is 2.57. The molecule has 1 aromatic carbocycles. The fourth-order valence-electron chi connectivity index (χ4n) is 2.17. The first-order valence-electron chi connectivity index (χ1n) is 6.45. The molecule has 0 bridgehead atoms. The number of aliphatic hydroxyl groups is 1. The van der Waals surface area contributed by atoms with E-state index in [1.165, 1.54) is 0 Å². The van der Waals surface area contributed by atoms with E-state index >= 15 is 0 Å². The second kappa shape index (κ2) is 5.71. The Bertz CT molecular complexity index is 768. The van der Waals surface area contributed by atoms with Gasteiger partial charge in [-0.25, -0.2) is 9.67 Å². The molecule has 0 radical (unpaired) electrons. The van der Waals surface area contributed by atoms with Crippen LogP contribution in [0.3, 0.4) is 0 Å². The molecule has 0 spiro atoms. The molecule has 6 heteroatoms. The minimum atomic E-state index is -0.133. The van der Waals surface area contributed by atoms with Gasteiger partial charge in [0.05, 0.1) is 36.9 Å². The summed E-state index contributed by atoms with van der Waals surface area (Å²) in [5.41, 5.74) is 2.39. The van der Waals surface area contributed by atoms with Crippen molar-refractivity contribution >= 4 is 22.6 Å². The third-order valence-corrected chi connectivity index (χ3v) is 3.78. The highest BCUT2D eigenvalue weighted by Crippen LogP contribution is 2.26. The van der Waals surface area contributed by atoms with Gasteiger partial charge in [-0.15, -0.1) is 0 Å². The molecule has 2 aromatic heterocycles. The molecule has 108 valence electrons. The largest absolute Gasteiger partial charge is 0.497 e. The zero-order valence-electron chi connectivity index (χ0n) is 11.5. The van der Waals surface area contributed by atoms with Crippen LogP contribution in [-0.2, 0) is 13.2 Å². The number of halogens is 1. The van der Waals surface area contributed by atoms with Crippen molar-refractivity contribution in [3.63, 3.8) is 0 Å². The number of methoxy groups -OCH3 is 1. The van der Waals surface area contributed by atoms with Crippen LogP contribution in [0.5, 0.6) is 5.75 Å². The lowest BCUT2D eigenvalue weighted by atomic mass is 10.2. The van der Waals surface area contributed by atoms with Crippen molar-refractivity contribution < 1.29 is 9.84 Å². The number of nitrogens with zero attached hydrogens (tertiary/aromatic N) is 3. The Kier molecular flexibility index (Phi) is 3.77. The highest BCUT2D eigenvalue weighted by molar-refractivity contribution is 6.35. The van der Waals surface area contributed by atoms with Crippen molar-refractivity contribution in [1.82, 2.24) is 14.8 Å². The molecule has 0 amide bonds. The number of pyridine rings is 1. The number of fused-ring (bicyclic) bond motifs is 1. The fraction of sp³-hybridized carbons (Fsp3) is 0.200. The number of aromatic nitrogens is 3. The molecule has 0 unspecified atom stereocenters. The number of aliphatic hydroxyl groups excluding tert-OH is 1. The summed E-state index contributed by atoms with van der Waals surface area (Å²) < 4.78 is 6.92. The van der Waals surface area contributed by atoms with Gasteiger partial charge < -0.3 is 9.84 Å². The summed E-state index contributed by atoms with van der Waals surface area (Å²) in [5.74, 6) is 0.817. The van der Waals surface area contributed by atoms with Crippen LogP contribution in [0.1, 0.15) is 11.1 Å². The number of rotatable bonds is 4. The lowest BCUT2D eigenvalue weighted by Crippen LogP contribution is -2.03. The maximum absolute atomic E-state index is 9.21. The molecule has 3 rings (SSSR count). The van der Waals surface area contributed by atoms with Crippen LogP contribution in [-0.4, -0.2) is 27.0 Å². The molecule has 0 atom stereocenters. The molecule has 0 aliphatic heterocycles. The normalized spacial score (nSPS) is 11.0. The first-order chi connectivity index (χ1) is 10.2. The van der Waals surface area contributed by atoms with Crippen LogP contribution in [0.25, 0.3) is 11.0 Å². The van der Waals surface area contributed by atoms with E-state index in [1.807, 2.05) is 24.3 Å². The van der Waals surface area contributed by atoms with Gasteiger partial charge in [-0.3, -0.25) is 0 Å². The lowest BCUT2D eigenvalue weighted by Gasteiger charge is -2.06. The quantitative estimate of drug-likeness (QED) is 0.805. The maximum atomic E-state index is 9.21. The van der Waals surface area contributed by atoms with Gasteiger partial charge in [0.15, 0.2) is 5.65 Å². The lowest BCUT2D eigenvalue weighted by molar-refractivity contribution is 0.281. The van der Waals surface area contributed by atoms with Gasteiger partial charge in [0.25, 0.3) is 0 Å². The molecule has 3 aromatic rings. The Morgan fingerprint density at radius 2 is 2.00 bits per heavy atom. The smallest absolute Gasteiger partial charge is 0.159 e. The summed E-state index contributed by atoms with van der Waals surface area (Å²) in [6, 6.07) is 7.78. The van der Waals surface area contributed by atoms with Gasteiger partial charge in [0, 0.05) is 11.8 Å². The van der Waals surface area contributed by atoms with Gasteiger partial charge in [-0.05, 0) is 17.7 Å². The number of ether oxygens (including phenoxy) is 1. The van der Waals surface area contributed by atoms with Crippen LogP contribution in [0.15, 0.2) is 36.7 Å². The van der Waals surface area contributed by atoms with E-state index in [0.717, 1.165) is 16.7 Å². The third-order valence-electron chi connectivity index (χ3n) is 3.33. The Balaban J connectivity index is 1.95. The average molecular weight is 304 g/mol. The number of hydrogen-bond donors (Lipinski definition) is 1. The molecular formula is C15H14ClN3O2. The molecular weight excluding hydrogens is 290 g/mol. The van der Waals surface area contributed by atoms with E-state index in [1.54, 1.807) is 24.2 Å². The van der Waals surface area contributed by atoms with E-state index in [4.69, 9.17) is 16.3 Å². The highest BCUT2D eigenvalue weighted by Gasteiger charge is 2.11. The highest BCUT2D eigenvalue weighted by atomic mass is 35.5. The second-order valence-corrected chi connectivity index (χ2v) is 5.02. The molecule has 0 saturated heterocycles. The van der Waals surface area contributed by atoms with Gasteiger partial charge in [0.2, 0.25) is 0 Å². The SMILES string of the molecule is COc1ccc(Cn2ncc3c(Cl)c(CO)cnc32)cc1. The van der Waals surface area contributed by atoms with Crippen LogP contribution in [0.4, 0.5) is 0 Å². The standard InChI is InChI=1S/C15H14ClN3O2/c1-21-12-4-2-10(3-5-12)8-19-15-13(7-18-19)14(16)11(9-20)6-17-15/h2-7,20H,8-9H2,1H3. The monoisotopic (exact) mass is 303 g/mol. The van der Waals surface area contributed by atoms with E-state index in [9.17, 15) is 5.11 Å². The summed E-state index contributed by atoms with van der Waals surface area (Å²) in [5, 5.41) is 14.8. The fourth-order valence-corrected chi connectivity index (χ4v) is 2.41. The number of benzene rings is 1. The minimum Gasteiger partial charge on any atom is -0.497 e. The summed E-state index contributed by atoms with van der Waals surface area (Å²) >= 11 is 6.23. The van der Waals surface area contributed by atoms with Gasteiger partial charge in [-0.1, -0.05) is 23.7 Å². The first-order valence-corrected chi connectivity index (χ1v) is 6.83. The molecule has 1 N–H and O–H groups in total. The van der Waals surface area contributed by atoms with E-state index < -0.39 is 0 Å². The van der Waals surface area contributed by atoms with Crippen molar-refractivity contribution in [3.8, 4) is 5.75 Å². The van der Waals surface area contributed by atoms with Crippen LogP contribution in [0.2, 0.25) is 5.02 Å². The van der Waals surface area contributed by atoms with E-state index in [2.05, 4.69) is 10.1 Å². The molecule has 21 heavy (non-hydrogen) atoms. The van der Waals surface area contributed by atoms with Crippen LogP contribution in [0, 0.1) is 0 Å². The van der Waals surface area contributed by atoms with Crippen molar-refractivity contribution in [1.29, 1.82) is 0 Å². The first kappa shape index (κ1) is 13.9. The predicted octanol–water partition coefficient (Wildman–Crippen LogP) is 2.63. The van der Waals surface area contributed by atoms with Crippen molar-refractivity contribution in [2.24, 2.45) is 0 Å². The van der Waals surface area contributed by atoms with Gasteiger partial charge >= 0.3 is 0 Å². The number of hydrogen-bond acceptors (Lipinski definition) is 4. The Labute approximate surface area is 126 Å². The second-order valence-electron chi connectivity index (χ2n) is 4.64. The van der Waals surface area contributed by atoms with Crippen molar-refractivity contribution in [2.45, 2.75) is 13.2 Å². The van der Waals surface area contributed by atoms with Gasteiger partial charge in [-0.2, -0.15) is 5.10 Å². The molecule has 0 fully saturated rings. The van der Waals surface area contributed by atoms with Crippen molar-refractivity contribution in [3.05, 3.63) is 52.8 Å². The molecule has 5 nitrogen and oxygen atoms in total. The summed E-state index contributed by atoms with van der Waals surface area (Å²) in [6.45, 7) is 0.459. The van der Waals surface area contributed by atoms with Gasteiger partial charge in [0.1, 0.15) is 5.75 Å². The summed E-state index contributed by atoms with van der Waals surface area (Å²) in [6.07, 6.45) is 3.25. The average Bonchev–Trinajstić information content (AvgIpc) is 2.92. The zero-order chi connectivity index (χ0) is 14.8. The van der Waals surface area contributed by atoms with Crippen molar-refractivity contribution in [2.75, 3.05) is 7.11 Å². The minimum absolute atomic E-state index is 0.133. The molecule has 2 heterocycles. The molecule has 0 saturated carbocycles. The maximum Gasteiger partial charge on any atom is 0.159 e. The predicted molar refractivity (Wildman–Crippen MR) is 80.6 cm³/mol. The molecule has 0 aliphatic carbocycles. The Morgan fingerprint density at radius 3 is 2.67 bits per heavy atom.